The molecule has 28 heavy (non-hydrogen) atoms. The van der Waals surface area contributed by atoms with Crippen molar-refractivity contribution in [2.45, 2.75) is 38.9 Å². The molecule has 1 amide bonds. The van der Waals surface area contributed by atoms with E-state index in [-0.39, 0.29) is 24.7 Å². The van der Waals surface area contributed by atoms with Crippen LogP contribution in [-0.4, -0.2) is 37.9 Å². The van der Waals surface area contributed by atoms with Gasteiger partial charge in [-0.3, -0.25) is 4.79 Å². The zero-order valence-electron chi connectivity index (χ0n) is 16.4. The third-order valence-corrected chi connectivity index (χ3v) is 4.29. The van der Waals surface area contributed by atoms with Crippen molar-refractivity contribution in [1.82, 2.24) is 0 Å². The Morgan fingerprint density at radius 1 is 1.18 bits per heavy atom. The molecule has 1 aliphatic rings. The first kappa shape index (κ1) is 20.0. The largest absolute Gasteiger partial charge is 0.491 e. The van der Waals surface area contributed by atoms with Crippen molar-refractivity contribution < 1.29 is 19.0 Å². The minimum atomic E-state index is -0.143. The minimum absolute atomic E-state index is 0.132. The zero-order chi connectivity index (χ0) is 19.8. The summed E-state index contributed by atoms with van der Waals surface area (Å²) in [4.78, 5) is 12.3. The van der Waals surface area contributed by atoms with Crippen LogP contribution in [0.1, 0.15) is 26.7 Å². The molecule has 6 nitrogen and oxygen atoms in total. The summed E-state index contributed by atoms with van der Waals surface area (Å²) in [5.41, 5.74) is 1.52. The maximum Gasteiger partial charge on any atom is 0.243 e. The molecule has 1 unspecified atom stereocenters. The second-order valence-corrected chi connectivity index (χ2v) is 7.03. The lowest BCUT2D eigenvalue weighted by Gasteiger charge is -2.15. The molecule has 1 fully saturated rings. The van der Waals surface area contributed by atoms with E-state index in [4.69, 9.17) is 14.2 Å². The molecule has 1 aliphatic heterocycles. The van der Waals surface area contributed by atoms with Crippen molar-refractivity contribution in [2.75, 3.05) is 30.4 Å². The van der Waals surface area contributed by atoms with Crippen LogP contribution in [0.15, 0.2) is 48.5 Å². The number of rotatable bonds is 9. The number of hydrogen-bond donors (Lipinski definition) is 2. The Hall–Kier alpha value is -2.73. The number of hydrogen-bond acceptors (Lipinski definition) is 5. The lowest BCUT2D eigenvalue weighted by molar-refractivity contribution is -0.114. The molecule has 2 N–H and O–H groups in total. The Bertz CT molecular complexity index is 755. The summed E-state index contributed by atoms with van der Waals surface area (Å²) in [6, 6.07) is 15.0. The molecule has 1 heterocycles. The van der Waals surface area contributed by atoms with Crippen molar-refractivity contribution in [2.24, 2.45) is 0 Å². The Morgan fingerprint density at radius 3 is 2.68 bits per heavy atom. The van der Waals surface area contributed by atoms with Crippen LogP contribution in [0.25, 0.3) is 0 Å². The molecule has 0 bridgehead atoms. The van der Waals surface area contributed by atoms with Gasteiger partial charge in [-0.1, -0.05) is 12.1 Å². The van der Waals surface area contributed by atoms with E-state index >= 15 is 0 Å². The molecular weight excluding hydrogens is 356 g/mol. The van der Waals surface area contributed by atoms with E-state index in [1.807, 2.05) is 62.4 Å². The average molecular weight is 384 g/mol. The number of carbonyl (C=O) groups is 1. The third-order valence-electron chi connectivity index (χ3n) is 4.29. The lowest BCUT2D eigenvalue weighted by atomic mass is 10.2. The number of anilines is 2. The van der Waals surface area contributed by atoms with Crippen molar-refractivity contribution in [3.8, 4) is 11.5 Å². The molecule has 0 aromatic heterocycles. The standard InChI is InChI=1S/C22H28N2O4/c1-16(2)28-18-11-9-17(10-12-18)23-14-22(25)24-20-7-3-4-8-21(20)27-15-19-6-5-13-26-19/h3-4,7-12,16,19,23H,5-6,13-15H2,1-2H3,(H,24,25). The minimum Gasteiger partial charge on any atom is -0.491 e. The normalized spacial score (nSPS) is 16.0. The fourth-order valence-corrected chi connectivity index (χ4v) is 2.95. The van der Waals surface area contributed by atoms with E-state index < -0.39 is 0 Å². The second kappa shape index (κ2) is 9.99. The Morgan fingerprint density at radius 2 is 1.96 bits per heavy atom. The lowest BCUT2D eigenvalue weighted by Crippen LogP contribution is -2.22. The van der Waals surface area contributed by atoms with E-state index in [9.17, 15) is 4.79 Å². The highest BCUT2D eigenvalue weighted by atomic mass is 16.5. The molecule has 150 valence electrons. The van der Waals surface area contributed by atoms with Crippen molar-refractivity contribution >= 4 is 17.3 Å². The third kappa shape index (κ3) is 6.16. The van der Waals surface area contributed by atoms with Gasteiger partial charge in [0.25, 0.3) is 0 Å². The number of carbonyl (C=O) groups excluding carboxylic acids is 1. The number of nitrogens with one attached hydrogen (secondary N) is 2. The molecule has 0 radical (unpaired) electrons. The Kier molecular flexibility index (Phi) is 7.14. The number of amides is 1. The molecule has 3 rings (SSSR count). The van der Waals surface area contributed by atoms with Crippen LogP contribution < -0.4 is 20.1 Å². The zero-order valence-corrected chi connectivity index (χ0v) is 16.4. The van der Waals surface area contributed by atoms with E-state index in [0.717, 1.165) is 30.9 Å². The highest BCUT2D eigenvalue weighted by molar-refractivity contribution is 5.95. The molecule has 6 heteroatoms. The van der Waals surface area contributed by atoms with Crippen molar-refractivity contribution in [1.29, 1.82) is 0 Å². The quantitative estimate of drug-likeness (QED) is 0.682. The van der Waals surface area contributed by atoms with Crippen LogP contribution in [0.2, 0.25) is 0 Å². The van der Waals surface area contributed by atoms with E-state index in [1.165, 1.54) is 0 Å². The van der Waals surface area contributed by atoms with Crippen LogP contribution in [0.5, 0.6) is 11.5 Å². The van der Waals surface area contributed by atoms with Crippen LogP contribution in [0.3, 0.4) is 0 Å². The maximum absolute atomic E-state index is 12.3. The number of para-hydroxylation sites is 2. The fraction of sp³-hybridized carbons (Fsp3) is 0.409. The molecular formula is C22H28N2O4. The molecule has 2 aromatic carbocycles. The molecule has 0 spiro atoms. The highest BCUT2D eigenvalue weighted by Gasteiger charge is 2.17. The van der Waals surface area contributed by atoms with Gasteiger partial charge in [0, 0.05) is 12.3 Å². The van der Waals surface area contributed by atoms with E-state index in [1.54, 1.807) is 0 Å². The monoisotopic (exact) mass is 384 g/mol. The number of ether oxygens (including phenoxy) is 3. The van der Waals surface area contributed by atoms with Gasteiger partial charge >= 0.3 is 0 Å². The predicted molar refractivity (Wildman–Crippen MR) is 110 cm³/mol. The van der Waals surface area contributed by atoms with Crippen LogP contribution in [-0.2, 0) is 9.53 Å². The summed E-state index contributed by atoms with van der Waals surface area (Å²) in [7, 11) is 0. The summed E-state index contributed by atoms with van der Waals surface area (Å²) in [5.74, 6) is 1.32. The summed E-state index contributed by atoms with van der Waals surface area (Å²) in [6.45, 7) is 5.42. The van der Waals surface area contributed by atoms with Crippen LogP contribution in [0.4, 0.5) is 11.4 Å². The topological polar surface area (TPSA) is 68.8 Å². The average Bonchev–Trinajstić information content (AvgIpc) is 3.20. The van der Waals surface area contributed by atoms with Gasteiger partial charge < -0.3 is 24.8 Å². The first-order chi connectivity index (χ1) is 13.6. The summed E-state index contributed by atoms with van der Waals surface area (Å²) in [6.07, 6.45) is 2.35. The van der Waals surface area contributed by atoms with Crippen molar-refractivity contribution in [3.63, 3.8) is 0 Å². The first-order valence-electron chi connectivity index (χ1n) is 9.74. The smallest absolute Gasteiger partial charge is 0.243 e. The highest BCUT2D eigenvalue weighted by Crippen LogP contribution is 2.25. The molecule has 0 saturated carbocycles. The summed E-state index contributed by atoms with van der Waals surface area (Å²) in [5, 5.41) is 6.01. The second-order valence-electron chi connectivity index (χ2n) is 7.03. The van der Waals surface area contributed by atoms with Gasteiger partial charge in [0.05, 0.1) is 24.4 Å². The first-order valence-corrected chi connectivity index (χ1v) is 9.74. The van der Waals surface area contributed by atoms with Crippen molar-refractivity contribution in [3.05, 3.63) is 48.5 Å². The van der Waals surface area contributed by atoms with Gasteiger partial charge in [-0.15, -0.1) is 0 Å². The Balaban J connectivity index is 1.49. The molecule has 1 saturated heterocycles. The summed E-state index contributed by atoms with van der Waals surface area (Å²) < 4.78 is 17.1. The Labute approximate surface area is 166 Å². The maximum atomic E-state index is 12.3. The van der Waals surface area contributed by atoms with Gasteiger partial charge in [0.1, 0.15) is 18.1 Å². The van der Waals surface area contributed by atoms with E-state index in [0.29, 0.717) is 18.0 Å². The molecule has 0 aliphatic carbocycles. The van der Waals surface area contributed by atoms with Gasteiger partial charge in [-0.05, 0) is 63.1 Å². The van der Waals surface area contributed by atoms with Gasteiger partial charge in [-0.2, -0.15) is 0 Å². The van der Waals surface area contributed by atoms with Gasteiger partial charge in [-0.25, -0.2) is 0 Å². The summed E-state index contributed by atoms with van der Waals surface area (Å²) >= 11 is 0. The SMILES string of the molecule is CC(C)Oc1ccc(NCC(=O)Nc2ccccc2OCC2CCCO2)cc1. The fourth-order valence-electron chi connectivity index (χ4n) is 2.95. The van der Waals surface area contributed by atoms with Crippen LogP contribution in [0, 0.1) is 0 Å². The predicted octanol–water partition coefficient (Wildman–Crippen LogP) is 4.08. The number of benzene rings is 2. The van der Waals surface area contributed by atoms with Gasteiger partial charge in [0.15, 0.2) is 0 Å². The van der Waals surface area contributed by atoms with E-state index in [2.05, 4.69) is 10.6 Å². The molecule has 2 aromatic rings. The van der Waals surface area contributed by atoms with Gasteiger partial charge in [0.2, 0.25) is 5.91 Å². The molecule has 1 atom stereocenters. The van der Waals surface area contributed by atoms with Crippen LogP contribution >= 0.6 is 0 Å².